The Morgan fingerprint density at radius 3 is 2.16 bits per heavy atom. The largest absolute Gasteiger partial charge is 1.00 e. The van der Waals surface area contributed by atoms with Crippen LogP contribution in [0.15, 0.2) is 78.9 Å². The van der Waals surface area contributed by atoms with Gasteiger partial charge in [-0.2, -0.15) is 0 Å². The van der Waals surface area contributed by atoms with Gasteiger partial charge in [0, 0.05) is 10.8 Å². The normalized spacial score (nSPS) is 13.0. The number of halogens is 1. The first-order chi connectivity index (χ1) is 11.9. The van der Waals surface area contributed by atoms with Crippen LogP contribution < -0.4 is 26.4 Å². The van der Waals surface area contributed by atoms with Gasteiger partial charge in [0.2, 0.25) is 0 Å². The molecule has 2 nitrogen and oxygen atoms in total. The maximum absolute atomic E-state index is 2.52. The minimum Gasteiger partial charge on any atom is -1.00 e. The van der Waals surface area contributed by atoms with Crippen molar-refractivity contribution >= 4 is 27.5 Å². The van der Waals surface area contributed by atoms with Gasteiger partial charge in [-0.1, -0.05) is 66.7 Å². The molecule has 0 unspecified atom stereocenters. The van der Waals surface area contributed by atoms with Crippen molar-refractivity contribution in [2.75, 3.05) is 11.4 Å². The van der Waals surface area contributed by atoms with Crippen molar-refractivity contribution in [2.45, 2.75) is 13.1 Å². The molecule has 124 valence electrons. The minimum absolute atomic E-state index is 0. The van der Waals surface area contributed by atoms with Crippen molar-refractivity contribution in [2.24, 2.45) is 0 Å². The summed E-state index contributed by atoms with van der Waals surface area (Å²) in [6, 6.07) is 28.3. The molecule has 0 bridgehead atoms. The summed E-state index contributed by atoms with van der Waals surface area (Å²) in [5, 5.41) is 4.04. The molecule has 0 saturated heterocycles. The fourth-order valence-electron chi connectivity index (χ4n) is 3.96. The summed E-state index contributed by atoms with van der Waals surface area (Å²) in [6.07, 6.45) is 0. The van der Waals surface area contributed by atoms with Crippen LogP contribution in [0.4, 0.5) is 5.82 Å². The fourth-order valence-corrected chi connectivity index (χ4v) is 3.96. The predicted molar refractivity (Wildman–Crippen MR) is 99.1 cm³/mol. The minimum atomic E-state index is 0. The van der Waals surface area contributed by atoms with Crippen LogP contribution in [0.3, 0.4) is 0 Å². The van der Waals surface area contributed by atoms with E-state index < -0.39 is 0 Å². The Morgan fingerprint density at radius 1 is 0.720 bits per heavy atom. The molecule has 0 fully saturated rings. The number of fused-ring (bicyclic) bond motifs is 6. The third-order valence-electron chi connectivity index (χ3n) is 5.02. The molecule has 0 spiro atoms. The number of benzene rings is 3. The lowest BCUT2D eigenvalue weighted by atomic mass is 10.1. The van der Waals surface area contributed by atoms with Crippen molar-refractivity contribution in [1.29, 1.82) is 0 Å². The van der Waals surface area contributed by atoms with Gasteiger partial charge in [-0.05, 0) is 17.7 Å². The zero-order chi connectivity index (χ0) is 15.9. The molecule has 1 aliphatic heterocycles. The van der Waals surface area contributed by atoms with Gasteiger partial charge >= 0.3 is 0 Å². The first-order valence-electron chi connectivity index (χ1n) is 8.54. The summed E-state index contributed by atoms with van der Waals surface area (Å²) in [5.74, 6) is 1.35. The van der Waals surface area contributed by atoms with Crippen LogP contribution >= 0.6 is 0 Å². The highest BCUT2D eigenvalue weighted by Crippen LogP contribution is 2.32. The van der Waals surface area contributed by atoms with Crippen molar-refractivity contribution in [1.82, 2.24) is 0 Å². The van der Waals surface area contributed by atoms with Crippen LogP contribution in [0, 0.1) is 0 Å². The molecule has 0 aliphatic carbocycles. The van der Waals surface area contributed by atoms with Gasteiger partial charge in [0.1, 0.15) is 25.2 Å². The second-order valence-corrected chi connectivity index (χ2v) is 6.45. The summed E-state index contributed by atoms with van der Waals surface area (Å²) < 4.78 is 2.49. The van der Waals surface area contributed by atoms with E-state index in [-0.39, 0.29) is 17.0 Å². The lowest BCUT2D eigenvalue weighted by Gasteiger charge is -2.14. The van der Waals surface area contributed by atoms with E-state index in [2.05, 4.69) is 88.3 Å². The highest BCUT2D eigenvalue weighted by atomic mass is 79.9. The van der Waals surface area contributed by atoms with Gasteiger partial charge in [0.05, 0.1) is 5.39 Å². The fraction of sp³-hybridized carbons (Fsp3) is 0.136. The number of rotatable bonds is 2. The molecule has 25 heavy (non-hydrogen) atoms. The topological polar surface area (TPSA) is 7.12 Å². The molecular weight excluding hydrogens is 372 g/mol. The molecule has 0 radical (unpaired) electrons. The van der Waals surface area contributed by atoms with Crippen LogP contribution in [0.1, 0.15) is 5.56 Å². The van der Waals surface area contributed by atoms with Gasteiger partial charge in [0.25, 0.3) is 5.82 Å². The van der Waals surface area contributed by atoms with Gasteiger partial charge in [-0.3, -0.25) is 4.90 Å². The molecule has 0 saturated carbocycles. The molecule has 1 aliphatic rings. The third-order valence-corrected chi connectivity index (χ3v) is 5.02. The Morgan fingerprint density at radius 2 is 1.36 bits per heavy atom. The van der Waals surface area contributed by atoms with E-state index in [1.165, 1.54) is 33.1 Å². The van der Waals surface area contributed by atoms with E-state index in [1.807, 2.05) is 0 Å². The highest BCUT2D eigenvalue weighted by Gasteiger charge is 2.32. The molecule has 0 amide bonds. The van der Waals surface area contributed by atoms with E-state index in [0.717, 1.165) is 19.6 Å². The molecule has 5 rings (SSSR count). The van der Waals surface area contributed by atoms with Gasteiger partial charge in [-0.15, -0.1) is 0 Å². The van der Waals surface area contributed by atoms with E-state index in [4.69, 9.17) is 0 Å². The Kier molecular flexibility index (Phi) is 4.18. The SMILES string of the molecule is [Br-].c1ccc(CN2CC[n+]3c2c2ccccc2c2ccccc23)cc1. The van der Waals surface area contributed by atoms with E-state index >= 15 is 0 Å². The molecule has 0 N–H and O–H groups in total. The summed E-state index contributed by atoms with van der Waals surface area (Å²) in [5.41, 5.74) is 2.70. The molecule has 2 heterocycles. The third kappa shape index (κ3) is 2.59. The van der Waals surface area contributed by atoms with Crippen molar-refractivity contribution in [3.05, 3.63) is 84.4 Å². The Bertz CT molecular complexity index is 1040. The van der Waals surface area contributed by atoms with Crippen molar-refractivity contribution in [3.8, 4) is 0 Å². The second-order valence-electron chi connectivity index (χ2n) is 6.45. The molecule has 3 heteroatoms. The number of pyridine rings is 1. The summed E-state index contributed by atoms with van der Waals surface area (Å²) in [7, 11) is 0. The zero-order valence-electron chi connectivity index (χ0n) is 13.9. The molecule has 1 aromatic heterocycles. The Balaban J connectivity index is 0.00000157. The van der Waals surface area contributed by atoms with Crippen LogP contribution in [0.2, 0.25) is 0 Å². The molecule has 0 atom stereocenters. The monoisotopic (exact) mass is 390 g/mol. The predicted octanol–water partition coefficient (Wildman–Crippen LogP) is 1.30. The quantitative estimate of drug-likeness (QED) is 0.369. The number of hydrogen-bond acceptors (Lipinski definition) is 1. The summed E-state index contributed by atoms with van der Waals surface area (Å²) >= 11 is 0. The second kappa shape index (κ2) is 6.49. The van der Waals surface area contributed by atoms with Gasteiger partial charge < -0.3 is 17.0 Å². The maximum Gasteiger partial charge on any atom is 0.285 e. The molecule has 3 aromatic carbocycles. The average molecular weight is 391 g/mol. The van der Waals surface area contributed by atoms with Crippen molar-refractivity contribution in [3.63, 3.8) is 0 Å². The van der Waals surface area contributed by atoms with E-state index in [9.17, 15) is 0 Å². The van der Waals surface area contributed by atoms with Crippen LogP contribution in [-0.4, -0.2) is 6.54 Å². The summed E-state index contributed by atoms with van der Waals surface area (Å²) in [4.78, 5) is 2.52. The lowest BCUT2D eigenvalue weighted by Crippen LogP contribution is -3.00. The van der Waals surface area contributed by atoms with Crippen LogP contribution in [0.25, 0.3) is 21.7 Å². The van der Waals surface area contributed by atoms with Gasteiger partial charge in [0.15, 0.2) is 0 Å². The highest BCUT2D eigenvalue weighted by molar-refractivity contribution is 6.08. The first-order valence-corrected chi connectivity index (χ1v) is 8.54. The summed E-state index contributed by atoms with van der Waals surface area (Å²) in [6.45, 7) is 3.07. The molecular formula is C22H19BrN2. The van der Waals surface area contributed by atoms with Gasteiger partial charge in [-0.25, -0.2) is 4.57 Å². The maximum atomic E-state index is 2.52. The van der Waals surface area contributed by atoms with Crippen LogP contribution in [-0.2, 0) is 13.1 Å². The Hall–Kier alpha value is -2.39. The standard InChI is InChI=1S/C22H19N2.BrH/c1-2-8-17(9-3-1)16-23-14-15-24-21-13-7-6-11-19(21)18-10-4-5-12-20(18)22(23)24;/h1-13H,14-16H2;1H/q+1;/p-1. The zero-order valence-corrected chi connectivity index (χ0v) is 15.5. The number of aromatic nitrogens is 1. The van der Waals surface area contributed by atoms with Crippen molar-refractivity contribution < 1.29 is 21.5 Å². The number of nitrogens with zero attached hydrogens (tertiary/aromatic N) is 2. The molecule has 4 aromatic rings. The van der Waals surface area contributed by atoms with E-state index in [1.54, 1.807) is 0 Å². The lowest BCUT2D eigenvalue weighted by molar-refractivity contribution is -0.643. The average Bonchev–Trinajstić information content (AvgIpc) is 3.07. The first kappa shape index (κ1) is 16.1. The smallest absolute Gasteiger partial charge is 0.285 e. The van der Waals surface area contributed by atoms with E-state index in [0.29, 0.717) is 0 Å². The number of hydrogen-bond donors (Lipinski definition) is 0. The Labute approximate surface area is 158 Å². The number of para-hydroxylation sites is 1. The number of anilines is 1. The van der Waals surface area contributed by atoms with Crippen LogP contribution in [0.5, 0.6) is 0 Å².